The number of likely N-dealkylation sites (tertiary alicyclic amines) is 2. The minimum Gasteiger partial charge on any atom is -0.444 e. The van der Waals surface area contributed by atoms with Crippen LogP contribution in [0, 0.1) is 18.8 Å². The minimum atomic E-state index is -0.808. The third kappa shape index (κ3) is 11.3. The van der Waals surface area contributed by atoms with Crippen molar-refractivity contribution in [2.45, 2.75) is 130 Å². The molecular formula is C51H72N8O6. The fourth-order valence-corrected chi connectivity index (χ4v) is 10.2. The maximum Gasteiger partial charge on any atom is 0.318 e. The van der Waals surface area contributed by atoms with Crippen LogP contribution in [0.2, 0.25) is 0 Å². The Morgan fingerprint density at radius 1 is 0.800 bits per heavy atom. The van der Waals surface area contributed by atoms with Crippen molar-refractivity contribution in [3.8, 4) is 0 Å². The number of fused-ring (bicyclic) bond motifs is 2. The molecule has 0 bridgehead atoms. The molecule has 7 rings (SSSR count). The van der Waals surface area contributed by atoms with Crippen molar-refractivity contribution in [1.82, 2.24) is 39.3 Å². The summed E-state index contributed by atoms with van der Waals surface area (Å²) in [6.45, 7) is 15.7. The number of hydrogen-bond acceptors (Lipinski definition) is 9. The van der Waals surface area contributed by atoms with Crippen molar-refractivity contribution >= 4 is 45.6 Å². The van der Waals surface area contributed by atoms with Gasteiger partial charge in [-0.05, 0) is 106 Å². The predicted molar refractivity (Wildman–Crippen MR) is 255 cm³/mol. The molecule has 14 nitrogen and oxygen atoms in total. The number of nitrogens with one attached hydrogen (secondary N) is 1. The van der Waals surface area contributed by atoms with Crippen LogP contribution in [0.1, 0.15) is 119 Å². The summed E-state index contributed by atoms with van der Waals surface area (Å²) in [6.07, 6.45) is 10.9. The van der Waals surface area contributed by atoms with Gasteiger partial charge >= 0.3 is 12.0 Å². The first-order chi connectivity index (χ1) is 31.4. The molecule has 1 N–H and O–H groups in total. The monoisotopic (exact) mass is 893 g/mol. The molecule has 3 unspecified atom stereocenters. The summed E-state index contributed by atoms with van der Waals surface area (Å²) < 4.78 is 8.81. The average Bonchev–Trinajstić information content (AvgIpc) is 3.76. The summed E-state index contributed by atoms with van der Waals surface area (Å²) in [5.74, 6) is -0.919. The number of para-hydroxylation sites is 1. The van der Waals surface area contributed by atoms with Crippen LogP contribution < -0.4 is 10.9 Å². The molecule has 352 valence electrons. The molecule has 3 aliphatic heterocycles. The zero-order valence-corrected chi connectivity index (χ0v) is 39.7. The van der Waals surface area contributed by atoms with Gasteiger partial charge in [0.1, 0.15) is 6.04 Å². The van der Waals surface area contributed by atoms with Crippen molar-refractivity contribution in [1.29, 1.82) is 0 Å². The number of rotatable bonds is 16. The molecule has 3 saturated heterocycles. The van der Waals surface area contributed by atoms with Crippen LogP contribution in [0.15, 0.2) is 53.5 Å². The number of urea groups is 1. The lowest BCUT2D eigenvalue weighted by Gasteiger charge is -2.43. The normalized spacial score (nSPS) is 18.5. The van der Waals surface area contributed by atoms with Crippen LogP contribution in [0.25, 0.3) is 21.8 Å². The van der Waals surface area contributed by atoms with Gasteiger partial charge in [0.25, 0.3) is 5.56 Å². The summed E-state index contributed by atoms with van der Waals surface area (Å²) in [7, 11) is 2.17. The number of piperazine rings is 1. The molecular weight excluding hydrogens is 821 g/mol. The Hall–Kier alpha value is -5.08. The Bertz CT molecular complexity index is 2350. The quantitative estimate of drug-likeness (QED) is 0.116. The van der Waals surface area contributed by atoms with E-state index in [-0.39, 0.29) is 60.3 Å². The van der Waals surface area contributed by atoms with Crippen molar-refractivity contribution in [2.75, 3.05) is 59.4 Å². The standard InChI is InChI=1S/C51H72N8O6/c1-7-9-13-35(3)47(60)59-46-37(5)29-38(30-41(46)33-52-59)31-44(49(62)56-27-25-55(26-28-56)42-19-21-54(6)22-20-42)53-51(64)57-23-17-39(18-24-57)43-32-40-15-11-12-16-45(40)58(48(43)61)34-65-50(63)36(4)14-10-8-2/h11-12,15-16,29-30,32-33,35-36,39,42,44H,7-10,13-14,17-28,31,34H2,1-6H3,(H,53,64). The molecule has 3 amide bonds. The first-order valence-electron chi connectivity index (χ1n) is 24.4. The van der Waals surface area contributed by atoms with Crippen molar-refractivity contribution in [2.24, 2.45) is 11.8 Å². The number of amides is 3. The molecule has 3 aliphatic rings. The number of benzene rings is 2. The van der Waals surface area contributed by atoms with E-state index >= 15 is 0 Å². The van der Waals surface area contributed by atoms with E-state index in [1.54, 1.807) is 15.7 Å². The summed E-state index contributed by atoms with van der Waals surface area (Å²) >= 11 is 0. The lowest BCUT2D eigenvalue weighted by Crippen LogP contribution is -2.59. The summed E-state index contributed by atoms with van der Waals surface area (Å²) in [6, 6.07) is 13.0. The molecule has 0 spiro atoms. The summed E-state index contributed by atoms with van der Waals surface area (Å²) in [5.41, 5.74) is 3.73. The molecule has 2 aromatic carbocycles. The van der Waals surface area contributed by atoms with Crippen molar-refractivity contribution in [3.63, 3.8) is 0 Å². The number of carbonyl (C=O) groups excluding carboxylic acids is 4. The van der Waals surface area contributed by atoms with Gasteiger partial charge in [0.05, 0.1) is 23.1 Å². The van der Waals surface area contributed by atoms with Gasteiger partial charge in [-0.3, -0.25) is 28.6 Å². The molecule has 3 atom stereocenters. The number of unbranched alkanes of at least 4 members (excludes halogenated alkanes) is 2. The fourth-order valence-electron chi connectivity index (χ4n) is 10.2. The second kappa shape index (κ2) is 21.9. The number of aromatic nitrogens is 3. The highest BCUT2D eigenvalue weighted by atomic mass is 16.5. The van der Waals surface area contributed by atoms with Crippen molar-refractivity contribution < 1.29 is 23.9 Å². The molecule has 4 aromatic rings. The Labute approximate surface area is 384 Å². The van der Waals surface area contributed by atoms with Gasteiger partial charge in [0.15, 0.2) is 6.73 Å². The third-order valence-corrected chi connectivity index (χ3v) is 14.4. The number of piperidine rings is 2. The Morgan fingerprint density at radius 2 is 1.48 bits per heavy atom. The molecule has 5 heterocycles. The molecule has 65 heavy (non-hydrogen) atoms. The van der Waals surface area contributed by atoms with Gasteiger partial charge < -0.3 is 24.8 Å². The van der Waals surface area contributed by atoms with Gasteiger partial charge in [0, 0.05) is 68.6 Å². The molecule has 2 aromatic heterocycles. The molecule has 0 saturated carbocycles. The number of carbonyl (C=O) groups is 4. The number of pyridine rings is 1. The van der Waals surface area contributed by atoms with Crippen molar-refractivity contribution in [3.05, 3.63) is 75.7 Å². The van der Waals surface area contributed by atoms with Crippen LogP contribution >= 0.6 is 0 Å². The second-order valence-electron chi connectivity index (χ2n) is 19.2. The van der Waals surface area contributed by atoms with Crippen LogP contribution in [-0.2, 0) is 27.5 Å². The maximum absolute atomic E-state index is 14.6. The van der Waals surface area contributed by atoms with Gasteiger partial charge in [-0.25, -0.2) is 4.79 Å². The Balaban J connectivity index is 1.06. The van der Waals surface area contributed by atoms with Gasteiger partial charge in [-0.1, -0.05) is 77.6 Å². The lowest BCUT2D eigenvalue weighted by molar-refractivity contribution is -0.152. The van der Waals surface area contributed by atoms with E-state index < -0.39 is 6.04 Å². The highest BCUT2D eigenvalue weighted by molar-refractivity contribution is 5.94. The van der Waals surface area contributed by atoms with Crippen LogP contribution in [-0.4, -0.2) is 129 Å². The number of aryl methyl sites for hydroxylation is 1. The first-order valence-corrected chi connectivity index (χ1v) is 24.4. The second-order valence-corrected chi connectivity index (χ2v) is 19.2. The van der Waals surface area contributed by atoms with Crippen LogP contribution in [0.4, 0.5) is 4.79 Å². The molecule has 14 heteroatoms. The van der Waals surface area contributed by atoms with E-state index in [0.29, 0.717) is 56.1 Å². The highest BCUT2D eigenvalue weighted by Gasteiger charge is 2.34. The van der Waals surface area contributed by atoms with Crippen LogP contribution in [0.5, 0.6) is 0 Å². The van der Waals surface area contributed by atoms with Gasteiger partial charge in [-0.2, -0.15) is 9.78 Å². The lowest BCUT2D eigenvalue weighted by atomic mass is 9.89. The van der Waals surface area contributed by atoms with E-state index in [9.17, 15) is 24.0 Å². The topological polar surface area (TPSA) is 142 Å². The number of esters is 1. The number of ether oxygens (including phenoxy) is 1. The van der Waals surface area contributed by atoms with E-state index in [1.165, 1.54) is 4.68 Å². The minimum absolute atomic E-state index is 0.0209. The fraction of sp³-hybridized carbons (Fsp3) is 0.608. The van der Waals surface area contributed by atoms with E-state index in [0.717, 1.165) is 105 Å². The van der Waals surface area contributed by atoms with E-state index in [4.69, 9.17) is 4.74 Å². The molecule has 0 aliphatic carbocycles. The summed E-state index contributed by atoms with van der Waals surface area (Å²) in [5, 5.41) is 9.42. The Kier molecular flexibility index (Phi) is 16.2. The first kappa shape index (κ1) is 47.9. The molecule has 3 fully saturated rings. The van der Waals surface area contributed by atoms with Crippen LogP contribution in [0.3, 0.4) is 0 Å². The zero-order chi connectivity index (χ0) is 46.2. The highest BCUT2D eigenvalue weighted by Crippen LogP contribution is 2.29. The summed E-state index contributed by atoms with van der Waals surface area (Å²) in [4.78, 5) is 77.9. The zero-order valence-electron chi connectivity index (χ0n) is 39.7. The van der Waals surface area contributed by atoms with Gasteiger partial charge in [-0.15, -0.1) is 0 Å². The SMILES string of the molecule is CCCCC(C)C(=O)OCn1c(=O)c(C2CCN(C(=O)NC(Cc3cc(C)c4c(cnn4C(=O)C(C)CCCC)c3)C(=O)N3CCN(C4CCN(C)CC4)CC3)CC2)cc2ccccc21. The Morgan fingerprint density at radius 3 is 2.17 bits per heavy atom. The van der Waals surface area contributed by atoms with Gasteiger partial charge in [0.2, 0.25) is 11.8 Å². The molecule has 0 radical (unpaired) electrons. The third-order valence-electron chi connectivity index (χ3n) is 14.4. The predicted octanol–water partition coefficient (Wildman–Crippen LogP) is 7.19. The van der Waals surface area contributed by atoms with E-state index in [1.807, 2.05) is 68.1 Å². The smallest absolute Gasteiger partial charge is 0.318 e. The largest absolute Gasteiger partial charge is 0.444 e. The average molecular weight is 893 g/mol. The number of nitrogens with zero attached hydrogens (tertiary/aromatic N) is 7. The number of hydrogen-bond donors (Lipinski definition) is 1. The van der Waals surface area contributed by atoms with E-state index in [2.05, 4.69) is 41.1 Å². The maximum atomic E-state index is 14.6.